The number of aromatic nitrogens is 1. The zero-order valence-electron chi connectivity index (χ0n) is 15.3. The third-order valence-electron chi connectivity index (χ3n) is 3.96. The first-order valence-electron chi connectivity index (χ1n) is 8.73. The Bertz CT molecular complexity index is 810. The smallest absolute Gasteiger partial charge is 0.250 e. The maximum Gasteiger partial charge on any atom is 0.250 e. The summed E-state index contributed by atoms with van der Waals surface area (Å²) in [5.41, 5.74) is 5.56. The van der Waals surface area contributed by atoms with Gasteiger partial charge in [0.25, 0.3) is 0 Å². The Morgan fingerprint density at radius 2 is 1.89 bits per heavy atom. The fraction of sp³-hybridized carbons (Fsp3) is 0.316. The summed E-state index contributed by atoms with van der Waals surface area (Å²) in [6, 6.07) is 5.16. The minimum atomic E-state index is -1.17. The fourth-order valence-electron chi connectivity index (χ4n) is 2.65. The van der Waals surface area contributed by atoms with Crippen LogP contribution in [0.4, 0.5) is 14.6 Å². The van der Waals surface area contributed by atoms with Gasteiger partial charge in [-0.15, -0.1) is 0 Å². The molecule has 150 valence electrons. The van der Waals surface area contributed by atoms with Crippen LogP contribution >= 0.6 is 0 Å². The Hall–Kier alpha value is -3.07. The maximum atomic E-state index is 13.3. The van der Waals surface area contributed by atoms with Crippen LogP contribution < -0.4 is 16.4 Å². The monoisotopic (exact) mass is 392 g/mol. The van der Waals surface area contributed by atoms with Crippen molar-refractivity contribution in [1.29, 1.82) is 0 Å². The van der Waals surface area contributed by atoms with Gasteiger partial charge in [-0.05, 0) is 36.2 Å². The van der Waals surface area contributed by atoms with Crippen molar-refractivity contribution < 1.29 is 23.5 Å². The van der Waals surface area contributed by atoms with Crippen LogP contribution in [0.3, 0.4) is 0 Å². The summed E-state index contributed by atoms with van der Waals surface area (Å²) in [5.74, 6) is -2.34. The van der Waals surface area contributed by atoms with Gasteiger partial charge >= 0.3 is 0 Å². The average molecular weight is 392 g/mol. The number of anilines is 1. The predicted molar refractivity (Wildman–Crippen MR) is 99.3 cm³/mol. The van der Waals surface area contributed by atoms with Gasteiger partial charge in [0.05, 0.1) is 18.0 Å². The van der Waals surface area contributed by atoms with Crippen molar-refractivity contribution in [3.63, 3.8) is 0 Å². The van der Waals surface area contributed by atoms with Crippen LogP contribution in [0.2, 0.25) is 0 Å². The van der Waals surface area contributed by atoms with E-state index in [2.05, 4.69) is 15.6 Å². The molecule has 1 aromatic carbocycles. The molecule has 5 N–H and O–H groups in total. The number of pyridine rings is 1. The van der Waals surface area contributed by atoms with Crippen LogP contribution in [-0.2, 0) is 11.2 Å². The SMILES string of the molecule is CCCC(NC(=O)Cc1cc(F)cc(F)c1)C(O)Nc1ccc(C(N)=O)cn1. The molecule has 1 aromatic heterocycles. The van der Waals surface area contributed by atoms with E-state index in [4.69, 9.17) is 5.73 Å². The van der Waals surface area contributed by atoms with Crippen molar-refractivity contribution in [2.45, 2.75) is 38.5 Å². The average Bonchev–Trinajstić information content (AvgIpc) is 2.60. The van der Waals surface area contributed by atoms with Gasteiger partial charge in [-0.1, -0.05) is 13.3 Å². The van der Waals surface area contributed by atoms with Gasteiger partial charge in [0, 0.05) is 12.3 Å². The standard InChI is InChI=1S/C19H22F2N4O3/c1-2-3-15(19(28)25-16-5-4-12(10-23-16)18(22)27)24-17(26)8-11-6-13(20)9-14(21)7-11/h4-7,9-10,15,19,28H,2-3,8H2,1H3,(H2,22,27)(H,23,25)(H,24,26). The van der Waals surface area contributed by atoms with Crippen molar-refractivity contribution in [3.05, 3.63) is 59.3 Å². The summed E-state index contributed by atoms with van der Waals surface area (Å²) in [7, 11) is 0. The minimum Gasteiger partial charge on any atom is -0.372 e. The predicted octanol–water partition coefficient (Wildman–Crippen LogP) is 1.72. The second-order valence-electron chi connectivity index (χ2n) is 6.30. The first-order chi connectivity index (χ1) is 13.3. The third kappa shape index (κ3) is 6.27. The number of hydrogen-bond acceptors (Lipinski definition) is 5. The number of nitrogens with one attached hydrogen (secondary N) is 2. The molecule has 0 aliphatic heterocycles. The number of halogens is 2. The van der Waals surface area contributed by atoms with E-state index in [1.165, 1.54) is 18.3 Å². The van der Waals surface area contributed by atoms with E-state index >= 15 is 0 Å². The number of primary amides is 1. The zero-order valence-corrected chi connectivity index (χ0v) is 15.3. The number of carbonyl (C=O) groups is 2. The van der Waals surface area contributed by atoms with Gasteiger partial charge in [0.15, 0.2) is 0 Å². The number of carbonyl (C=O) groups excluding carboxylic acids is 2. The number of aliphatic hydroxyl groups is 1. The van der Waals surface area contributed by atoms with Gasteiger partial charge in [0.1, 0.15) is 23.7 Å². The summed E-state index contributed by atoms with van der Waals surface area (Å²) in [5, 5.41) is 15.8. The van der Waals surface area contributed by atoms with Crippen LogP contribution in [0, 0.1) is 11.6 Å². The van der Waals surface area contributed by atoms with E-state index in [0.29, 0.717) is 18.7 Å². The lowest BCUT2D eigenvalue weighted by Crippen LogP contribution is -2.47. The van der Waals surface area contributed by atoms with Crippen molar-refractivity contribution in [3.8, 4) is 0 Å². The lowest BCUT2D eigenvalue weighted by molar-refractivity contribution is -0.121. The normalized spacial score (nSPS) is 12.9. The highest BCUT2D eigenvalue weighted by Gasteiger charge is 2.21. The van der Waals surface area contributed by atoms with Gasteiger partial charge in [-0.3, -0.25) is 9.59 Å². The molecular weight excluding hydrogens is 370 g/mol. The minimum absolute atomic E-state index is 0.191. The molecule has 2 amide bonds. The Kier molecular flexibility index (Phi) is 7.39. The summed E-state index contributed by atoms with van der Waals surface area (Å²) in [6.45, 7) is 1.88. The fourth-order valence-corrected chi connectivity index (χ4v) is 2.65. The number of aliphatic hydroxyl groups excluding tert-OH is 1. The molecule has 0 aliphatic rings. The molecule has 0 radical (unpaired) electrons. The first-order valence-corrected chi connectivity index (χ1v) is 8.73. The Morgan fingerprint density at radius 3 is 2.43 bits per heavy atom. The third-order valence-corrected chi connectivity index (χ3v) is 3.96. The van der Waals surface area contributed by atoms with Gasteiger partial charge in [0.2, 0.25) is 11.8 Å². The zero-order chi connectivity index (χ0) is 20.7. The van der Waals surface area contributed by atoms with Crippen molar-refractivity contribution in [2.24, 2.45) is 5.73 Å². The molecule has 1 heterocycles. The van der Waals surface area contributed by atoms with E-state index in [1.54, 1.807) is 0 Å². The van der Waals surface area contributed by atoms with Crippen molar-refractivity contribution in [1.82, 2.24) is 10.3 Å². The topological polar surface area (TPSA) is 117 Å². The molecule has 9 heteroatoms. The number of rotatable bonds is 9. The molecule has 0 bridgehead atoms. The highest BCUT2D eigenvalue weighted by atomic mass is 19.1. The molecule has 0 saturated heterocycles. The van der Waals surface area contributed by atoms with Crippen LogP contribution in [0.15, 0.2) is 36.5 Å². The molecule has 2 unspecified atom stereocenters. The largest absolute Gasteiger partial charge is 0.372 e. The Labute approximate surface area is 161 Å². The second kappa shape index (κ2) is 9.75. The van der Waals surface area contributed by atoms with E-state index in [1.807, 2.05) is 6.92 Å². The number of nitrogens with zero attached hydrogens (tertiary/aromatic N) is 1. The lowest BCUT2D eigenvalue weighted by atomic mass is 10.1. The van der Waals surface area contributed by atoms with Crippen LogP contribution in [0.5, 0.6) is 0 Å². The summed E-state index contributed by atoms with van der Waals surface area (Å²) >= 11 is 0. The summed E-state index contributed by atoms with van der Waals surface area (Å²) < 4.78 is 26.5. The number of hydrogen-bond donors (Lipinski definition) is 4. The second-order valence-corrected chi connectivity index (χ2v) is 6.30. The molecule has 0 saturated carbocycles. The van der Waals surface area contributed by atoms with Crippen LogP contribution in [-0.4, -0.2) is 34.2 Å². The van der Waals surface area contributed by atoms with E-state index in [9.17, 15) is 23.5 Å². The Morgan fingerprint density at radius 1 is 1.21 bits per heavy atom. The molecule has 28 heavy (non-hydrogen) atoms. The van der Waals surface area contributed by atoms with E-state index in [0.717, 1.165) is 18.2 Å². The number of benzene rings is 1. The first kappa shape index (κ1) is 21.2. The van der Waals surface area contributed by atoms with Crippen LogP contribution in [0.25, 0.3) is 0 Å². The molecule has 2 aromatic rings. The van der Waals surface area contributed by atoms with Crippen molar-refractivity contribution >= 4 is 17.6 Å². The quantitative estimate of drug-likeness (QED) is 0.485. The maximum absolute atomic E-state index is 13.3. The molecule has 7 nitrogen and oxygen atoms in total. The molecule has 2 atom stereocenters. The molecule has 0 aliphatic carbocycles. The Balaban J connectivity index is 2.00. The highest BCUT2D eigenvalue weighted by molar-refractivity contribution is 5.92. The van der Waals surface area contributed by atoms with Crippen molar-refractivity contribution in [2.75, 3.05) is 5.32 Å². The summed E-state index contributed by atoms with van der Waals surface area (Å²) in [6.07, 6.45) is 1.000. The summed E-state index contributed by atoms with van der Waals surface area (Å²) in [4.78, 5) is 27.3. The highest BCUT2D eigenvalue weighted by Crippen LogP contribution is 2.12. The molecule has 0 spiro atoms. The molecular formula is C19H22F2N4O3. The van der Waals surface area contributed by atoms with E-state index < -0.39 is 35.7 Å². The molecule has 0 fully saturated rings. The lowest BCUT2D eigenvalue weighted by Gasteiger charge is -2.25. The van der Waals surface area contributed by atoms with Gasteiger partial charge < -0.3 is 21.5 Å². The van der Waals surface area contributed by atoms with Gasteiger partial charge in [-0.25, -0.2) is 13.8 Å². The van der Waals surface area contributed by atoms with E-state index in [-0.39, 0.29) is 17.5 Å². The van der Waals surface area contributed by atoms with Crippen LogP contribution in [0.1, 0.15) is 35.7 Å². The molecule has 2 rings (SSSR count). The van der Waals surface area contributed by atoms with Gasteiger partial charge in [-0.2, -0.15) is 0 Å². The number of nitrogens with two attached hydrogens (primary N) is 1. The number of amides is 2.